The third-order valence-electron chi connectivity index (χ3n) is 7.33. The fourth-order valence-electron chi connectivity index (χ4n) is 5.78. The summed E-state index contributed by atoms with van der Waals surface area (Å²) in [4.78, 5) is 4.32. The van der Waals surface area contributed by atoms with E-state index < -0.39 is 5.60 Å². The van der Waals surface area contributed by atoms with E-state index in [0.29, 0.717) is 12.3 Å². The average Bonchev–Trinajstić information content (AvgIpc) is 3.37. The summed E-state index contributed by atoms with van der Waals surface area (Å²) in [6.45, 7) is 6.56. The fourth-order valence-corrected chi connectivity index (χ4v) is 5.78. The van der Waals surface area contributed by atoms with Crippen LogP contribution in [0.3, 0.4) is 0 Å². The number of likely N-dealkylation sites (tertiary alicyclic amines) is 1. The van der Waals surface area contributed by atoms with E-state index in [-0.39, 0.29) is 0 Å². The van der Waals surface area contributed by atoms with Crippen LogP contribution in [0.5, 0.6) is 0 Å². The quantitative estimate of drug-likeness (QED) is 0.457. The Morgan fingerprint density at radius 2 is 1.72 bits per heavy atom. The molecule has 2 aliphatic rings. The van der Waals surface area contributed by atoms with Crippen molar-refractivity contribution < 1.29 is 9.59 Å². The Bertz CT molecular complexity index is 1110. The zero-order valence-electron chi connectivity index (χ0n) is 18.8. The van der Waals surface area contributed by atoms with Crippen LogP contribution in [0.25, 0.3) is 11.1 Å². The number of aromatic nitrogens is 1. The number of rotatable bonds is 5. The third kappa shape index (κ3) is 3.64. The summed E-state index contributed by atoms with van der Waals surface area (Å²) in [5, 5.41) is 11.7. The number of fused-ring (bicyclic) bond motifs is 3. The molecule has 0 saturated carbocycles. The number of hydrogen-bond acceptors (Lipinski definition) is 2. The minimum absolute atomic E-state index is 0.430. The van der Waals surface area contributed by atoms with Gasteiger partial charge in [0.1, 0.15) is 12.1 Å². The highest BCUT2D eigenvalue weighted by atomic mass is 16.3. The van der Waals surface area contributed by atoms with Gasteiger partial charge in [0.25, 0.3) is 0 Å². The molecule has 2 heterocycles. The smallest absolute Gasteiger partial charge is 0.140 e. The minimum Gasteiger partial charge on any atom is -0.379 e. The van der Waals surface area contributed by atoms with E-state index in [9.17, 15) is 5.11 Å². The SMILES string of the molecule is CCC[N+]1(CC#CCC2(O)c3ccccc3-c3ccccc32)CCC(c2cccnc2)C1. The van der Waals surface area contributed by atoms with Crippen molar-refractivity contribution >= 4 is 0 Å². The zero-order chi connectivity index (χ0) is 22.0. The van der Waals surface area contributed by atoms with Crippen molar-refractivity contribution in [3.63, 3.8) is 0 Å². The van der Waals surface area contributed by atoms with Gasteiger partial charge in [0.15, 0.2) is 0 Å². The molecule has 162 valence electrons. The predicted molar refractivity (Wildman–Crippen MR) is 129 cm³/mol. The lowest BCUT2D eigenvalue weighted by atomic mass is 9.88. The van der Waals surface area contributed by atoms with E-state index in [4.69, 9.17) is 0 Å². The van der Waals surface area contributed by atoms with Gasteiger partial charge in [-0.1, -0.05) is 67.4 Å². The second kappa shape index (κ2) is 8.54. The van der Waals surface area contributed by atoms with E-state index in [0.717, 1.165) is 59.3 Å². The summed E-state index contributed by atoms with van der Waals surface area (Å²) in [5.41, 5.74) is 4.53. The lowest BCUT2D eigenvalue weighted by molar-refractivity contribution is -0.910. The summed E-state index contributed by atoms with van der Waals surface area (Å²) in [6.07, 6.45) is 6.65. The molecule has 3 nitrogen and oxygen atoms in total. The molecule has 0 spiro atoms. The molecule has 3 heteroatoms. The number of aliphatic hydroxyl groups is 1. The Morgan fingerprint density at radius 3 is 2.38 bits per heavy atom. The van der Waals surface area contributed by atoms with Crippen LogP contribution in [0.4, 0.5) is 0 Å². The summed E-state index contributed by atoms with van der Waals surface area (Å²) >= 11 is 0. The van der Waals surface area contributed by atoms with Crippen LogP contribution >= 0.6 is 0 Å². The third-order valence-corrected chi connectivity index (χ3v) is 7.33. The lowest BCUT2D eigenvalue weighted by Gasteiger charge is -2.32. The molecule has 3 aromatic rings. The van der Waals surface area contributed by atoms with Gasteiger partial charge in [-0.3, -0.25) is 4.98 Å². The number of quaternary nitrogens is 1. The Hall–Kier alpha value is -2.93. The van der Waals surface area contributed by atoms with Crippen LogP contribution in [-0.2, 0) is 5.60 Å². The highest BCUT2D eigenvalue weighted by Gasteiger charge is 2.41. The summed E-state index contributed by atoms with van der Waals surface area (Å²) in [6, 6.07) is 20.6. The van der Waals surface area contributed by atoms with Crippen molar-refractivity contribution in [2.45, 2.75) is 37.7 Å². The zero-order valence-corrected chi connectivity index (χ0v) is 18.8. The van der Waals surface area contributed by atoms with Crippen molar-refractivity contribution in [2.24, 2.45) is 0 Å². The van der Waals surface area contributed by atoms with Crippen molar-refractivity contribution in [2.75, 3.05) is 26.2 Å². The van der Waals surface area contributed by atoms with Crippen molar-refractivity contribution in [3.8, 4) is 23.0 Å². The molecule has 2 aromatic carbocycles. The molecular weight excluding hydrogens is 392 g/mol. The second-order valence-electron chi connectivity index (χ2n) is 9.38. The van der Waals surface area contributed by atoms with E-state index in [2.05, 4.69) is 41.9 Å². The molecule has 1 aromatic heterocycles. The highest BCUT2D eigenvalue weighted by Crippen LogP contribution is 2.48. The molecule has 0 amide bonds. The van der Waals surface area contributed by atoms with Gasteiger partial charge in [0, 0.05) is 31.2 Å². The van der Waals surface area contributed by atoms with Crippen LogP contribution in [0.2, 0.25) is 0 Å². The number of nitrogens with zero attached hydrogens (tertiary/aromatic N) is 2. The summed E-state index contributed by atoms with van der Waals surface area (Å²) in [7, 11) is 0. The first-order valence-electron chi connectivity index (χ1n) is 11.8. The van der Waals surface area contributed by atoms with Crippen molar-refractivity contribution in [1.29, 1.82) is 0 Å². The maximum absolute atomic E-state index is 11.7. The Morgan fingerprint density at radius 1 is 1.00 bits per heavy atom. The highest BCUT2D eigenvalue weighted by molar-refractivity contribution is 5.80. The van der Waals surface area contributed by atoms with Crippen LogP contribution in [-0.4, -0.2) is 40.8 Å². The molecule has 32 heavy (non-hydrogen) atoms. The molecule has 0 radical (unpaired) electrons. The molecule has 2 unspecified atom stereocenters. The largest absolute Gasteiger partial charge is 0.379 e. The number of hydrogen-bond donors (Lipinski definition) is 1. The van der Waals surface area contributed by atoms with Crippen molar-refractivity contribution in [3.05, 3.63) is 89.7 Å². The number of benzene rings is 2. The minimum atomic E-state index is -1.03. The van der Waals surface area contributed by atoms with Crippen molar-refractivity contribution in [1.82, 2.24) is 4.98 Å². The van der Waals surface area contributed by atoms with E-state index in [1.54, 1.807) is 0 Å². The normalized spacial score (nSPS) is 22.6. The van der Waals surface area contributed by atoms with Gasteiger partial charge >= 0.3 is 0 Å². The molecule has 2 atom stereocenters. The van der Waals surface area contributed by atoms with Crippen LogP contribution in [0.15, 0.2) is 73.1 Å². The van der Waals surface area contributed by atoms with Crippen LogP contribution in [0.1, 0.15) is 48.8 Å². The topological polar surface area (TPSA) is 33.1 Å². The van der Waals surface area contributed by atoms with E-state index in [1.165, 1.54) is 12.0 Å². The van der Waals surface area contributed by atoms with Gasteiger partial charge in [-0.15, -0.1) is 0 Å². The second-order valence-corrected chi connectivity index (χ2v) is 9.38. The summed E-state index contributed by atoms with van der Waals surface area (Å²) in [5.74, 6) is 7.44. The standard InChI is InChI=1S/C29H31N2O/c1-2-18-31(20-15-24(22-31)23-10-9-17-30-21-23)19-8-7-16-29(32)27-13-5-3-11-25(27)26-12-4-6-14-28(26)29/h3-6,9-14,17,21,24,32H,2,15-16,18-20,22H2,1H3/q+1. The Labute approximate surface area is 191 Å². The molecule has 1 N–H and O–H groups in total. The van der Waals surface area contributed by atoms with Gasteiger partial charge in [0.05, 0.1) is 19.6 Å². The molecular formula is C29H31N2O+. The van der Waals surface area contributed by atoms with Gasteiger partial charge in [0.2, 0.25) is 0 Å². The first-order valence-corrected chi connectivity index (χ1v) is 11.8. The summed E-state index contributed by atoms with van der Waals surface area (Å²) < 4.78 is 1.05. The average molecular weight is 424 g/mol. The molecule has 1 aliphatic heterocycles. The Kier molecular flexibility index (Phi) is 5.59. The first kappa shape index (κ1) is 20.9. The first-order chi connectivity index (χ1) is 15.7. The number of pyridine rings is 1. The monoisotopic (exact) mass is 423 g/mol. The van der Waals surface area contributed by atoms with Gasteiger partial charge in [-0.05, 0) is 46.2 Å². The van der Waals surface area contributed by atoms with Gasteiger partial charge in [-0.25, -0.2) is 0 Å². The molecule has 1 aliphatic carbocycles. The molecule has 5 rings (SSSR count). The fraction of sp³-hybridized carbons (Fsp3) is 0.345. The van der Waals surface area contributed by atoms with Gasteiger partial charge in [-0.2, -0.15) is 0 Å². The maximum atomic E-state index is 11.7. The van der Waals surface area contributed by atoms with Gasteiger partial charge < -0.3 is 9.59 Å². The van der Waals surface area contributed by atoms with E-state index in [1.807, 2.05) is 54.9 Å². The van der Waals surface area contributed by atoms with E-state index >= 15 is 0 Å². The lowest BCUT2D eigenvalue weighted by Crippen LogP contribution is -2.46. The Balaban J connectivity index is 1.35. The predicted octanol–water partition coefficient (Wildman–Crippen LogP) is 5.11. The van der Waals surface area contributed by atoms with Crippen LogP contribution < -0.4 is 0 Å². The molecule has 1 saturated heterocycles. The maximum Gasteiger partial charge on any atom is 0.140 e. The van der Waals surface area contributed by atoms with Crippen LogP contribution in [0, 0.1) is 11.8 Å². The molecule has 0 bridgehead atoms. The molecule has 1 fully saturated rings.